The van der Waals surface area contributed by atoms with E-state index in [1.54, 1.807) is 6.26 Å². The van der Waals surface area contributed by atoms with Crippen LogP contribution in [-0.4, -0.2) is 22.1 Å². The molecule has 2 aromatic heterocycles. The van der Waals surface area contributed by atoms with Crippen molar-refractivity contribution in [2.45, 2.75) is 33.0 Å². The van der Waals surface area contributed by atoms with Crippen LogP contribution in [0.4, 0.5) is 0 Å². The lowest BCUT2D eigenvalue weighted by Crippen LogP contribution is -2.37. The van der Waals surface area contributed by atoms with Gasteiger partial charge >= 0.3 is 0 Å². The van der Waals surface area contributed by atoms with Gasteiger partial charge in [0.25, 0.3) is 0 Å². The molecule has 3 rings (SSSR count). The SMILES string of the molecule is CC(C)N1CCn2c(cc3ccoc32)C1. The van der Waals surface area contributed by atoms with Crippen LogP contribution < -0.4 is 0 Å². The Kier molecular flexibility index (Phi) is 1.89. The summed E-state index contributed by atoms with van der Waals surface area (Å²) in [6.45, 7) is 7.72. The molecule has 0 unspecified atom stereocenters. The van der Waals surface area contributed by atoms with Gasteiger partial charge < -0.3 is 8.98 Å². The van der Waals surface area contributed by atoms with Crippen molar-refractivity contribution in [2.75, 3.05) is 6.54 Å². The molecule has 0 bridgehead atoms. The first-order valence-electron chi connectivity index (χ1n) is 5.55. The molecule has 0 aromatic carbocycles. The van der Waals surface area contributed by atoms with Gasteiger partial charge in [0, 0.05) is 36.8 Å². The molecule has 3 heteroatoms. The summed E-state index contributed by atoms with van der Waals surface area (Å²) in [5, 5.41) is 1.23. The molecule has 15 heavy (non-hydrogen) atoms. The van der Waals surface area contributed by atoms with Crippen molar-refractivity contribution in [3.8, 4) is 0 Å². The lowest BCUT2D eigenvalue weighted by molar-refractivity contribution is 0.177. The second-order valence-electron chi connectivity index (χ2n) is 4.53. The van der Waals surface area contributed by atoms with E-state index in [4.69, 9.17) is 4.42 Å². The first-order valence-corrected chi connectivity index (χ1v) is 5.55. The average molecular weight is 204 g/mol. The molecular weight excluding hydrogens is 188 g/mol. The highest BCUT2D eigenvalue weighted by Crippen LogP contribution is 2.25. The molecule has 0 N–H and O–H groups in total. The fraction of sp³-hybridized carbons (Fsp3) is 0.500. The summed E-state index contributed by atoms with van der Waals surface area (Å²) in [5.41, 5.74) is 2.41. The molecule has 1 aliphatic rings. The van der Waals surface area contributed by atoms with Crippen LogP contribution in [0.2, 0.25) is 0 Å². The van der Waals surface area contributed by atoms with E-state index in [1.165, 1.54) is 11.1 Å². The van der Waals surface area contributed by atoms with Gasteiger partial charge in [-0.2, -0.15) is 0 Å². The fourth-order valence-corrected chi connectivity index (χ4v) is 2.36. The van der Waals surface area contributed by atoms with Crippen LogP contribution in [0.25, 0.3) is 11.1 Å². The Bertz CT molecular complexity index is 481. The van der Waals surface area contributed by atoms with Gasteiger partial charge in [0.15, 0.2) is 0 Å². The molecule has 80 valence electrons. The van der Waals surface area contributed by atoms with Gasteiger partial charge in [-0.05, 0) is 26.0 Å². The van der Waals surface area contributed by atoms with Crippen LogP contribution in [-0.2, 0) is 13.1 Å². The minimum atomic E-state index is 0.625. The predicted octanol–water partition coefficient (Wildman–Crippen LogP) is 2.46. The van der Waals surface area contributed by atoms with Crippen LogP contribution in [0.1, 0.15) is 19.5 Å². The Morgan fingerprint density at radius 2 is 2.20 bits per heavy atom. The van der Waals surface area contributed by atoms with Gasteiger partial charge in [0.2, 0.25) is 5.71 Å². The summed E-state index contributed by atoms with van der Waals surface area (Å²) < 4.78 is 7.80. The third-order valence-corrected chi connectivity index (χ3v) is 3.29. The first-order chi connectivity index (χ1) is 7.25. The lowest BCUT2D eigenvalue weighted by atomic mass is 10.2. The molecule has 3 nitrogen and oxygen atoms in total. The van der Waals surface area contributed by atoms with Crippen molar-refractivity contribution in [1.29, 1.82) is 0 Å². The molecule has 1 aliphatic heterocycles. The van der Waals surface area contributed by atoms with E-state index in [0.29, 0.717) is 6.04 Å². The quantitative estimate of drug-likeness (QED) is 0.711. The van der Waals surface area contributed by atoms with Crippen LogP contribution >= 0.6 is 0 Å². The van der Waals surface area contributed by atoms with Crippen LogP contribution in [0.3, 0.4) is 0 Å². The third-order valence-electron chi connectivity index (χ3n) is 3.29. The van der Waals surface area contributed by atoms with E-state index in [1.807, 2.05) is 6.07 Å². The second kappa shape index (κ2) is 3.14. The van der Waals surface area contributed by atoms with Gasteiger partial charge in [0.1, 0.15) is 0 Å². The van der Waals surface area contributed by atoms with Gasteiger partial charge in [-0.25, -0.2) is 0 Å². The standard InChI is InChI=1S/C12H16N2O/c1-9(2)13-4-5-14-11(8-13)7-10-3-6-15-12(10)14/h3,6-7,9H,4-5,8H2,1-2H3. The summed E-state index contributed by atoms with van der Waals surface area (Å²) in [5.74, 6) is 0. The molecule has 3 heterocycles. The van der Waals surface area contributed by atoms with Crippen LogP contribution in [0.5, 0.6) is 0 Å². The van der Waals surface area contributed by atoms with E-state index in [-0.39, 0.29) is 0 Å². The molecule has 0 aliphatic carbocycles. The number of hydrogen-bond acceptors (Lipinski definition) is 2. The maximum Gasteiger partial charge on any atom is 0.206 e. The highest BCUT2D eigenvalue weighted by Gasteiger charge is 2.21. The van der Waals surface area contributed by atoms with Crippen molar-refractivity contribution < 1.29 is 4.42 Å². The minimum absolute atomic E-state index is 0.625. The van der Waals surface area contributed by atoms with Crippen molar-refractivity contribution in [3.63, 3.8) is 0 Å². The van der Waals surface area contributed by atoms with Crippen molar-refractivity contribution in [2.24, 2.45) is 0 Å². The van der Waals surface area contributed by atoms with E-state index >= 15 is 0 Å². The van der Waals surface area contributed by atoms with E-state index in [9.17, 15) is 0 Å². The second-order valence-corrected chi connectivity index (χ2v) is 4.53. The fourth-order valence-electron chi connectivity index (χ4n) is 2.36. The molecule has 2 aromatic rings. The Hall–Kier alpha value is -1.22. The smallest absolute Gasteiger partial charge is 0.206 e. The molecule has 0 fully saturated rings. The zero-order valence-corrected chi connectivity index (χ0v) is 9.23. The van der Waals surface area contributed by atoms with Gasteiger partial charge in [-0.1, -0.05) is 0 Å². The zero-order chi connectivity index (χ0) is 10.4. The Labute approximate surface area is 89.3 Å². The maximum atomic E-state index is 5.50. The summed E-state index contributed by atoms with van der Waals surface area (Å²) in [6, 6.07) is 4.91. The average Bonchev–Trinajstić information content (AvgIpc) is 2.75. The predicted molar refractivity (Wildman–Crippen MR) is 59.8 cm³/mol. The molecular formula is C12H16N2O. The van der Waals surface area contributed by atoms with E-state index < -0.39 is 0 Å². The maximum absolute atomic E-state index is 5.50. The van der Waals surface area contributed by atoms with Crippen molar-refractivity contribution >= 4 is 11.1 Å². The van der Waals surface area contributed by atoms with Gasteiger partial charge in [-0.15, -0.1) is 0 Å². The monoisotopic (exact) mass is 204 g/mol. The molecule has 0 amide bonds. The van der Waals surface area contributed by atoms with E-state index in [2.05, 4.69) is 29.4 Å². The Morgan fingerprint density at radius 1 is 1.33 bits per heavy atom. The summed E-state index contributed by atoms with van der Waals surface area (Å²) in [4.78, 5) is 2.49. The lowest BCUT2D eigenvalue weighted by Gasteiger charge is -2.31. The number of hydrogen-bond donors (Lipinski definition) is 0. The number of fused-ring (bicyclic) bond motifs is 3. The van der Waals surface area contributed by atoms with Crippen LogP contribution in [0.15, 0.2) is 22.8 Å². The molecule has 0 saturated heterocycles. The van der Waals surface area contributed by atoms with Gasteiger partial charge in [0.05, 0.1) is 6.26 Å². The zero-order valence-electron chi connectivity index (χ0n) is 9.23. The summed E-state index contributed by atoms with van der Waals surface area (Å²) in [6.07, 6.45) is 1.77. The number of aromatic nitrogens is 1. The topological polar surface area (TPSA) is 21.3 Å². The number of furan rings is 1. The largest absolute Gasteiger partial charge is 0.448 e. The molecule has 0 radical (unpaired) electrons. The van der Waals surface area contributed by atoms with Crippen molar-refractivity contribution in [1.82, 2.24) is 9.47 Å². The molecule has 0 saturated carbocycles. The van der Waals surface area contributed by atoms with Gasteiger partial charge in [-0.3, -0.25) is 4.90 Å². The normalized spacial score (nSPS) is 17.5. The summed E-state index contributed by atoms with van der Waals surface area (Å²) >= 11 is 0. The third kappa shape index (κ3) is 1.30. The minimum Gasteiger partial charge on any atom is -0.448 e. The Morgan fingerprint density at radius 3 is 3.00 bits per heavy atom. The highest BCUT2D eigenvalue weighted by molar-refractivity contribution is 5.76. The highest BCUT2D eigenvalue weighted by atomic mass is 16.3. The van der Waals surface area contributed by atoms with Crippen LogP contribution in [0, 0.1) is 0 Å². The molecule has 0 atom stereocenters. The number of nitrogens with zero attached hydrogens (tertiary/aromatic N) is 2. The van der Waals surface area contributed by atoms with E-state index in [0.717, 1.165) is 25.3 Å². The first kappa shape index (κ1) is 9.04. The number of rotatable bonds is 1. The van der Waals surface area contributed by atoms with Crippen molar-refractivity contribution in [3.05, 3.63) is 24.1 Å². The summed E-state index contributed by atoms with van der Waals surface area (Å²) in [7, 11) is 0. The Balaban J connectivity index is 2.02. The molecule has 0 spiro atoms.